The summed E-state index contributed by atoms with van der Waals surface area (Å²) in [7, 11) is 0. The van der Waals surface area contributed by atoms with Crippen molar-refractivity contribution < 1.29 is 9.34 Å². The number of aromatic nitrogens is 4. The number of hydrogen-bond donors (Lipinski definition) is 0. The van der Waals surface area contributed by atoms with E-state index in [0.29, 0.717) is 10.9 Å². The third-order valence-corrected chi connectivity index (χ3v) is 3.62. The van der Waals surface area contributed by atoms with Crippen molar-refractivity contribution in [3.63, 3.8) is 0 Å². The smallest absolute Gasteiger partial charge is 0.401 e. The molecule has 116 valence electrons. The van der Waals surface area contributed by atoms with Gasteiger partial charge >= 0.3 is 5.88 Å². The van der Waals surface area contributed by atoms with E-state index in [4.69, 9.17) is 4.42 Å². The molecule has 0 aliphatic heterocycles. The molecular formula is C14H11N5O3S. The van der Waals surface area contributed by atoms with Gasteiger partial charge in [-0.2, -0.15) is 4.68 Å². The Kier molecular flexibility index (Phi) is 4.20. The van der Waals surface area contributed by atoms with E-state index >= 15 is 0 Å². The van der Waals surface area contributed by atoms with Gasteiger partial charge in [-0.3, -0.25) is 10.1 Å². The molecule has 2 aromatic heterocycles. The largest absolute Gasteiger partial charge is 0.433 e. The maximum absolute atomic E-state index is 10.6. The van der Waals surface area contributed by atoms with Crippen molar-refractivity contribution in [2.75, 3.05) is 0 Å². The first-order chi connectivity index (χ1) is 11.1. The normalized spacial score (nSPS) is 11.2. The zero-order valence-corrected chi connectivity index (χ0v) is 12.8. The number of nitro groups is 1. The summed E-state index contributed by atoms with van der Waals surface area (Å²) < 4.78 is 6.66. The van der Waals surface area contributed by atoms with Crippen LogP contribution in [0.3, 0.4) is 0 Å². The van der Waals surface area contributed by atoms with Gasteiger partial charge in [-0.25, -0.2) is 0 Å². The fourth-order valence-corrected chi connectivity index (χ4v) is 2.52. The molecule has 1 aromatic carbocycles. The van der Waals surface area contributed by atoms with Crippen LogP contribution in [0, 0.1) is 17.0 Å². The van der Waals surface area contributed by atoms with E-state index in [9.17, 15) is 10.1 Å². The van der Waals surface area contributed by atoms with Gasteiger partial charge < -0.3 is 4.42 Å². The van der Waals surface area contributed by atoms with E-state index in [1.165, 1.54) is 23.9 Å². The van der Waals surface area contributed by atoms with Crippen LogP contribution in [-0.2, 0) is 0 Å². The van der Waals surface area contributed by atoms with E-state index in [0.717, 1.165) is 11.3 Å². The van der Waals surface area contributed by atoms with Gasteiger partial charge in [0.1, 0.15) is 10.7 Å². The van der Waals surface area contributed by atoms with Crippen LogP contribution in [0.25, 0.3) is 11.8 Å². The molecule has 0 atom stereocenters. The second-order valence-corrected chi connectivity index (χ2v) is 5.44. The van der Waals surface area contributed by atoms with Crippen molar-refractivity contribution in [1.29, 1.82) is 0 Å². The highest BCUT2D eigenvalue weighted by molar-refractivity contribution is 8.02. The monoisotopic (exact) mass is 329 g/mol. The van der Waals surface area contributed by atoms with Gasteiger partial charge in [-0.1, -0.05) is 23.9 Å². The Morgan fingerprint density at radius 3 is 2.96 bits per heavy atom. The van der Waals surface area contributed by atoms with E-state index in [2.05, 4.69) is 15.5 Å². The fourth-order valence-electron chi connectivity index (χ4n) is 1.87. The molecule has 3 rings (SSSR count). The first-order valence-corrected chi connectivity index (χ1v) is 7.44. The molecular weight excluding hydrogens is 318 g/mol. The molecule has 3 aromatic rings. The summed E-state index contributed by atoms with van der Waals surface area (Å²) in [6.45, 7) is 1.99. The number of benzene rings is 1. The lowest BCUT2D eigenvalue weighted by molar-refractivity contribution is -0.402. The Morgan fingerprint density at radius 2 is 2.22 bits per heavy atom. The van der Waals surface area contributed by atoms with Gasteiger partial charge in [0.25, 0.3) is 0 Å². The molecule has 8 nitrogen and oxygen atoms in total. The molecule has 0 bridgehead atoms. The molecule has 0 spiro atoms. The maximum Gasteiger partial charge on any atom is 0.433 e. The lowest BCUT2D eigenvalue weighted by Crippen LogP contribution is -1.98. The SMILES string of the molecule is Cc1cccc(-n2nnnc2S/C=C/c2ccc([N+](=O)[O-])o2)c1. The molecule has 0 fully saturated rings. The Labute approximate surface area is 135 Å². The summed E-state index contributed by atoms with van der Waals surface area (Å²) in [5.74, 6) is 0.0954. The molecule has 0 aliphatic carbocycles. The number of nitrogens with zero attached hydrogens (tertiary/aromatic N) is 5. The fraction of sp³-hybridized carbons (Fsp3) is 0.0714. The number of thioether (sulfide) groups is 1. The highest BCUT2D eigenvalue weighted by Gasteiger charge is 2.10. The van der Waals surface area contributed by atoms with Gasteiger partial charge in [0.2, 0.25) is 5.16 Å². The Hall–Kier alpha value is -2.94. The van der Waals surface area contributed by atoms with Gasteiger partial charge in [-0.05, 0) is 52.6 Å². The van der Waals surface area contributed by atoms with Crippen LogP contribution >= 0.6 is 11.8 Å². The highest BCUT2D eigenvalue weighted by Crippen LogP contribution is 2.22. The second kappa shape index (κ2) is 6.44. The number of furan rings is 1. The molecule has 0 aliphatic rings. The number of tetrazole rings is 1. The standard InChI is InChI=1S/C14H11N5O3S/c1-10-3-2-4-11(9-10)18-14(15-16-17-18)23-8-7-12-5-6-13(22-12)19(20)21/h2-9H,1H3/b8-7+. The van der Waals surface area contributed by atoms with Gasteiger partial charge in [0.05, 0.1) is 11.8 Å². The quantitative estimate of drug-likeness (QED) is 0.402. The predicted octanol–water partition coefficient (Wildman–Crippen LogP) is 3.23. The lowest BCUT2D eigenvalue weighted by atomic mass is 10.2. The maximum atomic E-state index is 10.6. The zero-order valence-electron chi connectivity index (χ0n) is 12.0. The van der Waals surface area contributed by atoms with E-state index in [1.54, 1.807) is 16.2 Å². The van der Waals surface area contributed by atoms with Crippen molar-refractivity contribution in [1.82, 2.24) is 20.2 Å². The minimum Gasteiger partial charge on any atom is -0.401 e. The van der Waals surface area contributed by atoms with Crippen molar-refractivity contribution in [3.05, 3.63) is 63.2 Å². The molecule has 0 N–H and O–H groups in total. The Balaban J connectivity index is 1.75. The average molecular weight is 329 g/mol. The van der Waals surface area contributed by atoms with E-state index in [-0.39, 0.29) is 5.88 Å². The molecule has 2 heterocycles. The van der Waals surface area contributed by atoms with Crippen molar-refractivity contribution in [3.8, 4) is 5.69 Å². The third-order valence-electron chi connectivity index (χ3n) is 2.89. The summed E-state index contributed by atoms with van der Waals surface area (Å²) in [6, 6.07) is 10.6. The predicted molar refractivity (Wildman–Crippen MR) is 84.1 cm³/mol. The first kappa shape index (κ1) is 15.0. The Morgan fingerprint density at radius 1 is 1.35 bits per heavy atom. The van der Waals surface area contributed by atoms with Crippen LogP contribution in [-0.4, -0.2) is 25.1 Å². The summed E-state index contributed by atoms with van der Waals surface area (Å²) in [5.41, 5.74) is 1.96. The number of aryl methyl sites for hydroxylation is 1. The average Bonchev–Trinajstić information content (AvgIpc) is 3.16. The molecule has 0 saturated carbocycles. The van der Waals surface area contributed by atoms with E-state index in [1.807, 2.05) is 31.2 Å². The molecule has 0 amide bonds. The minimum absolute atomic E-state index is 0.292. The summed E-state index contributed by atoms with van der Waals surface area (Å²) in [6.07, 6.45) is 1.62. The van der Waals surface area contributed by atoms with Crippen molar-refractivity contribution in [2.45, 2.75) is 12.1 Å². The highest BCUT2D eigenvalue weighted by atomic mass is 32.2. The summed E-state index contributed by atoms with van der Waals surface area (Å²) >= 11 is 1.28. The van der Waals surface area contributed by atoms with Crippen LogP contribution in [0.4, 0.5) is 5.88 Å². The molecule has 0 unspecified atom stereocenters. The van der Waals surface area contributed by atoms with Crippen LogP contribution in [0.2, 0.25) is 0 Å². The number of hydrogen-bond acceptors (Lipinski definition) is 7. The molecule has 0 radical (unpaired) electrons. The summed E-state index contributed by atoms with van der Waals surface area (Å²) in [5, 5.41) is 24.4. The second-order valence-electron chi connectivity index (χ2n) is 4.57. The van der Waals surface area contributed by atoms with Gasteiger partial charge in [-0.15, -0.1) is 5.10 Å². The first-order valence-electron chi connectivity index (χ1n) is 6.56. The van der Waals surface area contributed by atoms with Crippen LogP contribution in [0.1, 0.15) is 11.3 Å². The van der Waals surface area contributed by atoms with E-state index < -0.39 is 4.92 Å². The summed E-state index contributed by atoms with van der Waals surface area (Å²) in [4.78, 5) is 9.98. The van der Waals surface area contributed by atoms with Crippen molar-refractivity contribution >= 4 is 23.7 Å². The van der Waals surface area contributed by atoms with Gasteiger partial charge in [0.15, 0.2) is 0 Å². The minimum atomic E-state index is -0.581. The van der Waals surface area contributed by atoms with Crippen LogP contribution in [0.5, 0.6) is 0 Å². The topological polar surface area (TPSA) is 99.9 Å². The third kappa shape index (κ3) is 3.46. The van der Waals surface area contributed by atoms with Gasteiger partial charge in [0, 0.05) is 0 Å². The molecule has 0 saturated heterocycles. The van der Waals surface area contributed by atoms with Crippen molar-refractivity contribution in [2.24, 2.45) is 0 Å². The molecule has 23 heavy (non-hydrogen) atoms. The molecule has 9 heteroatoms. The Bertz CT molecular complexity index is 871. The zero-order chi connectivity index (χ0) is 16.2. The number of rotatable bonds is 5. The van der Waals surface area contributed by atoms with Crippen LogP contribution < -0.4 is 0 Å². The van der Waals surface area contributed by atoms with Crippen LogP contribution in [0.15, 0.2) is 51.4 Å². The lowest BCUT2D eigenvalue weighted by Gasteiger charge is -2.02.